The van der Waals surface area contributed by atoms with E-state index in [9.17, 15) is 8.42 Å². The zero-order valence-electron chi connectivity index (χ0n) is 13.7. The first-order valence-corrected chi connectivity index (χ1v) is 10.5. The summed E-state index contributed by atoms with van der Waals surface area (Å²) in [7, 11) is -3.26. The monoisotopic (exact) mass is 330 g/mol. The van der Waals surface area contributed by atoms with Gasteiger partial charge in [0, 0.05) is 25.2 Å². The zero-order chi connectivity index (χ0) is 15.6. The van der Waals surface area contributed by atoms with Crippen molar-refractivity contribution in [3.8, 4) is 0 Å². The summed E-state index contributed by atoms with van der Waals surface area (Å²) in [5, 5.41) is -0.377. The van der Waals surface area contributed by atoms with Crippen molar-refractivity contribution in [1.29, 1.82) is 0 Å². The lowest BCUT2D eigenvalue weighted by Gasteiger charge is -2.40. The molecule has 128 valence electrons. The average molecular weight is 330 g/mol. The van der Waals surface area contributed by atoms with Crippen LogP contribution < -0.4 is 4.72 Å². The van der Waals surface area contributed by atoms with E-state index in [1.165, 1.54) is 32.1 Å². The second-order valence-corrected chi connectivity index (χ2v) is 9.12. The number of ether oxygens (including phenoxy) is 1. The largest absolute Gasteiger partial charge is 0.377 e. The molecule has 1 N–H and O–H groups in total. The molecule has 2 heterocycles. The van der Waals surface area contributed by atoms with Crippen molar-refractivity contribution in [1.82, 2.24) is 9.62 Å². The highest BCUT2D eigenvalue weighted by molar-refractivity contribution is 7.90. The van der Waals surface area contributed by atoms with Crippen LogP contribution in [0.3, 0.4) is 0 Å². The third kappa shape index (κ3) is 3.83. The molecule has 3 atom stereocenters. The summed E-state index contributed by atoms with van der Waals surface area (Å²) < 4.78 is 33.6. The van der Waals surface area contributed by atoms with Gasteiger partial charge in [-0.05, 0) is 45.6 Å². The van der Waals surface area contributed by atoms with Crippen molar-refractivity contribution in [2.75, 3.05) is 19.7 Å². The van der Waals surface area contributed by atoms with Gasteiger partial charge < -0.3 is 4.74 Å². The van der Waals surface area contributed by atoms with Crippen molar-refractivity contribution in [3.63, 3.8) is 0 Å². The second-order valence-electron chi connectivity index (χ2n) is 7.19. The summed E-state index contributed by atoms with van der Waals surface area (Å²) in [6.07, 6.45) is 9.08. The van der Waals surface area contributed by atoms with E-state index < -0.39 is 10.0 Å². The quantitative estimate of drug-likeness (QED) is 0.855. The maximum absolute atomic E-state index is 12.6. The molecule has 0 bridgehead atoms. The van der Waals surface area contributed by atoms with Crippen LogP contribution in [0.4, 0.5) is 0 Å². The number of nitrogens with zero attached hydrogens (tertiary/aromatic N) is 1. The molecule has 2 aliphatic heterocycles. The van der Waals surface area contributed by atoms with Gasteiger partial charge >= 0.3 is 0 Å². The smallest absolute Gasteiger partial charge is 0.217 e. The molecule has 3 fully saturated rings. The van der Waals surface area contributed by atoms with Crippen molar-refractivity contribution >= 4 is 10.0 Å². The number of sulfonamides is 1. The summed E-state index contributed by atoms with van der Waals surface area (Å²) in [6.45, 7) is 4.44. The lowest BCUT2D eigenvalue weighted by molar-refractivity contribution is 0.115. The molecule has 0 radical (unpaired) electrons. The van der Waals surface area contributed by atoms with Gasteiger partial charge in [0.05, 0.1) is 6.10 Å². The molecule has 0 spiro atoms. The van der Waals surface area contributed by atoms with Gasteiger partial charge in [0.1, 0.15) is 5.25 Å². The Morgan fingerprint density at radius 1 is 1.05 bits per heavy atom. The summed E-state index contributed by atoms with van der Waals surface area (Å²) >= 11 is 0. The molecule has 6 heteroatoms. The molecule has 22 heavy (non-hydrogen) atoms. The zero-order valence-corrected chi connectivity index (χ0v) is 14.5. The highest BCUT2D eigenvalue weighted by Gasteiger charge is 2.38. The van der Waals surface area contributed by atoms with Crippen molar-refractivity contribution < 1.29 is 13.2 Å². The molecule has 3 rings (SSSR count). The molecule has 1 aliphatic carbocycles. The SMILES string of the molecule is C[C@@H]1OCC[C@H]1S(=O)(=O)N[C@H]1CCCN(C2CCCCC2)C1. The van der Waals surface area contributed by atoms with E-state index in [0.717, 1.165) is 25.9 Å². The number of piperidine rings is 1. The van der Waals surface area contributed by atoms with E-state index in [1.807, 2.05) is 6.92 Å². The van der Waals surface area contributed by atoms with E-state index in [0.29, 0.717) is 19.1 Å². The Morgan fingerprint density at radius 3 is 2.50 bits per heavy atom. The normalized spacial score (nSPS) is 35.8. The molecule has 0 aromatic carbocycles. The van der Waals surface area contributed by atoms with Gasteiger partial charge in [-0.15, -0.1) is 0 Å². The summed E-state index contributed by atoms with van der Waals surface area (Å²) in [6, 6.07) is 0.753. The first-order valence-electron chi connectivity index (χ1n) is 8.93. The molecule has 0 aromatic rings. The van der Waals surface area contributed by atoms with Gasteiger partial charge in [-0.25, -0.2) is 13.1 Å². The minimum atomic E-state index is -3.26. The van der Waals surface area contributed by atoms with Crippen molar-refractivity contribution in [3.05, 3.63) is 0 Å². The van der Waals surface area contributed by atoms with Crippen LogP contribution in [-0.4, -0.2) is 56.5 Å². The van der Waals surface area contributed by atoms with Gasteiger partial charge in [-0.3, -0.25) is 4.90 Å². The number of likely N-dealkylation sites (tertiary alicyclic amines) is 1. The molecule has 0 unspecified atom stereocenters. The standard InChI is InChI=1S/C16H30N2O3S/c1-13-16(9-11-21-13)22(19,20)17-14-6-5-10-18(12-14)15-7-3-2-4-8-15/h13-17H,2-12H2,1H3/t13-,14-,16+/m0/s1. The van der Waals surface area contributed by atoms with E-state index in [2.05, 4.69) is 9.62 Å². The topological polar surface area (TPSA) is 58.6 Å². The summed E-state index contributed by atoms with van der Waals surface area (Å²) in [5.41, 5.74) is 0. The van der Waals surface area contributed by atoms with Crippen molar-refractivity contribution in [2.24, 2.45) is 0 Å². The van der Waals surface area contributed by atoms with Crippen LogP contribution >= 0.6 is 0 Å². The number of hydrogen-bond acceptors (Lipinski definition) is 4. The Kier molecular flexibility index (Phi) is 5.43. The minimum absolute atomic E-state index is 0.0773. The Balaban J connectivity index is 1.57. The van der Waals surface area contributed by atoms with E-state index >= 15 is 0 Å². The third-order valence-electron chi connectivity index (χ3n) is 5.58. The first-order chi connectivity index (χ1) is 10.6. The van der Waals surface area contributed by atoms with E-state index in [-0.39, 0.29) is 17.4 Å². The molecule has 3 aliphatic rings. The van der Waals surface area contributed by atoms with Gasteiger partial charge in [0.2, 0.25) is 10.0 Å². The Morgan fingerprint density at radius 2 is 1.82 bits per heavy atom. The van der Waals surface area contributed by atoms with Crippen LogP contribution in [0.5, 0.6) is 0 Å². The molecular formula is C16H30N2O3S. The van der Waals surface area contributed by atoms with Gasteiger partial charge in [0.15, 0.2) is 0 Å². The first kappa shape index (κ1) is 16.7. The molecule has 0 aromatic heterocycles. The lowest BCUT2D eigenvalue weighted by Crippen LogP contribution is -2.53. The van der Waals surface area contributed by atoms with Gasteiger partial charge in [-0.2, -0.15) is 0 Å². The summed E-state index contributed by atoms with van der Waals surface area (Å²) in [4.78, 5) is 2.53. The third-order valence-corrected chi connectivity index (χ3v) is 7.66. The highest BCUT2D eigenvalue weighted by atomic mass is 32.2. The van der Waals surface area contributed by atoms with E-state index in [1.54, 1.807) is 0 Å². The number of nitrogens with one attached hydrogen (secondary N) is 1. The fourth-order valence-electron chi connectivity index (χ4n) is 4.32. The molecule has 1 saturated carbocycles. The molecule has 0 amide bonds. The van der Waals surface area contributed by atoms with Crippen LogP contribution in [0, 0.1) is 0 Å². The van der Waals surface area contributed by atoms with Crippen LogP contribution in [0.15, 0.2) is 0 Å². The summed E-state index contributed by atoms with van der Waals surface area (Å²) in [5.74, 6) is 0. The van der Waals surface area contributed by atoms with Gasteiger partial charge in [-0.1, -0.05) is 19.3 Å². The fourth-order valence-corrected chi connectivity index (χ4v) is 6.14. The Bertz CT molecular complexity index is 462. The Labute approximate surface area is 134 Å². The molecule has 5 nitrogen and oxygen atoms in total. The molecule has 2 saturated heterocycles. The van der Waals surface area contributed by atoms with Crippen LogP contribution in [0.2, 0.25) is 0 Å². The van der Waals surface area contributed by atoms with Crippen molar-refractivity contribution in [2.45, 2.75) is 81.7 Å². The maximum atomic E-state index is 12.6. The fraction of sp³-hybridized carbons (Fsp3) is 1.00. The predicted molar refractivity (Wildman–Crippen MR) is 87.3 cm³/mol. The van der Waals surface area contributed by atoms with Gasteiger partial charge in [0.25, 0.3) is 0 Å². The Hall–Kier alpha value is -0.170. The van der Waals surface area contributed by atoms with Crippen LogP contribution in [-0.2, 0) is 14.8 Å². The van der Waals surface area contributed by atoms with Crippen LogP contribution in [0.1, 0.15) is 58.3 Å². The predicted octanol–water partition coefficient (Wildman–Crippen LogP) is 1.88. The maximum Gasteiger partial charge on any atom is 0.217 e. The minimum Gasteiger partial charge on any atom is -0.377 e. The number of rotatable bonds is 4. The average Bonchev–Trinajstić information content (AvgIpc) is 2.95. The second kappa shape index (κ2) is 7.16. The lowest BCUT2D eigenvalue weighted by atomic mass is 9.92. The van der Waals surface area contributed by atoms with Crippen LogP contribution in [0.25, 0.3) is 0 Å². The number of hydrogen-bond donors (Lipinski definition) is 1. The van der Waals surface area contributed by atoms with E-state index in [4.69, 9.17) is 4.74 Å². The highest BCUT2D eigenvalue weighted by Crippen LogP contribution is 2.26. The molecular weight excluding hydrogens is 300 g/mol.